The van der Waals surface area contributed by atoms with Crippen LogP contribution in [0.1, 0.15) is 31.9 Å². The van der Waals surface area contributed by atoms with E-state index in [1.807, 2.05) is 51.1 Å². The molecule has 1 N–H and O–H groups in total. The van der Waals surface area contributed by atoms with Gasteiger partial charge < -0.3 is 15.0 Å². The number of sulfonamides is 1. The highest BCUT2D eigenvalue weighted by molar-refractivity contribution is 7.92. The van der Waals surface area contributed by atoms with Crippen LogP contribution in [0.4, 0.5) is 5.69 Å². The Morgan fingerprint density at radius 3 is 2.09 bits per heavy atom. The largest absolute Gasteiger partial charge is 0.494 e. The molecule has 1 atom stereocenters. The second-order valence-corrected chi connectivity index (χ2v) is 13.6. The molecule has 4 aromatic rings. The van der Waals surface area contributed by atoms with E-state index in [0.29, 0.717) is 28.0 Å². The van der Waals surface area contributed by atoms with Gasteiger partial charge in [0, 0.05) is 29.1 Å². The van der Waals surface area contributed by atoms with Crippen molar-refractivity contribution in [3.63, 3.8) is 0 Å². The average molecular weight is 683 g/mol. The third-order valence-corrected chi connectivity index (χ3v) is 9.48. The van der Waals surface area contributed by atoms with Crippen molar-refractivity contribution in [3.8, 4) is 5.75 Å². The molecule has 0 unspecified atom stereocenters. The van der Waals surface area contributed by atoms with Gasteiger partial charge in [-0.05, 0) is 80.4 Å². The van der Waals surface area contributed by atoms with E-state index in [9.17, 15) is 18.0 Å². The molecule has 0 aliphatic carbocycles. The first-order valence-corrected chi connectivity index (χ1v) is 17.1. The van der Waals surface area contributed by atoms with Gasteiger partial charge in [-0.1, -0.05) is 77.8 Å². The number of carbonyl (C=O) groups excluding carboxylic acids is 2. The number of nitrogens with one attached hydrogen (secondary N) is 1. The first-order chi connectivity index (χ1) is 22.0. The van der Waals surface area contributed by atoms with Crippen LogP contribution in [0.15, 0.2) is 108 Å². The molecule has 2 amide bonds. The fourth-order valence-corrected chi connectivity index (χ4v) is 6.80. The maximum Gasteiger partial charge on any atom is 0.264 e. The Balaban J connectivity index is 1.81. The zero-order valence-electron chi connectivity index (χ0n) is 25.9. The van der Waals surface area contributed by atoms with Gasteiger partial charge in [0.1, 0.15) is 18.3 Å². The Hall–Kier alpha value is -4.05. The van der Waals surface area contributed by atoms with Crippen molar-refractivity contribution in [1.29, 1.82) is 0 Å². The molecule has 0 heterocycles. The first kappa shape index (κ1) is 34.8. The molecule has 4 aromatic carbocycles. The maximum absolute atomic E-state index is 14.5. The molecule has 0 radical (unpaired) electrons. The van der Waals surface area contributed by atoms with Crippen LogP contribution in [-0.4, -0.2) is 50.4 Å². The van der Waals surface area contributed by atoms with E-state index in [0.717, 1.165) is 9.87 Å². The van der Waals surface area contributed by atoms with Crippen LogP contribution in [0.3, 0.4) is 0 Å². The molecule has 0 aliphatic heterocycles. The summed E-state index contributed by atoms with van der Waals surface area (Å²) in [6.45, 7) is 5.30. The van der Waals surface area contributed by atoms with Crippen LogP contribution >= 0.6 is 23.2 Å². The molecular weight excluding hydrogens is 645 g/mol. The molecule has 242 valence electrons. The van der Waals surface area contributed by atoms with Crippen molar-refractivity contribution in [1.82, 2.24) is 10.2 Å². The zero-order valence-corrected chi connectivity index (χ0v) is 28.2. The summed E-state index contributed by atoms with van der Waals surface area (Å²) < 4.78 is 34.8. The third-order valence-electron chi connectivity index (χ3n) is 7.10. The number of benzene rings is 4. The van der Waals surface area contributed by atoms with Gasteiger partial charge in [-0.25, -0.2) is 8.42 Å². The SMILES string of the molecule is CCOc1ccc(N(CC(=O)N(Cc2ccc(Cl)cc2Cl)[C@H](Cc2ccccc2)C(=O)NC(C)C)S(=O)(=O)c2ccccc2)cc1. The van der Waals surface area contributed by atoms with Gasteiger partial charge in [-0.15, -0.1) is 0 Å². The Morgan fingerprint density at radius 1 is 0.870 bits per heavy atom. The highest BCUT2D eigenvalue weighted by atomic mass is 35.5. The lowest BCUT2D eigenvalue weighted by Crippen LogP contribution is -2.54. The third kappa shape index (κ3) is 9.02. The predicted octanol–water partition coefficient (Wildman–Crippen LogP) is 6.75. The number of halogens is 2. The van der Waals surface area contributed by atoms with Crippen molar-refractivity contribution in [3.05, 3.63) is 124 Å². The molecule has 0 spiro atoms. The summed E-state index contributed by atoms with van der Waals surface area (Å²) >= 11 is 12.7. The number of hydrogen-bond acceptors (Lipinski definition) is 5. The van der Waals surface area contributed by atoms with E-state index in [4.69, 9.17) is 27.9 Å². The van der Waals surface area contributed by atoms with Crippen LogP contribution in [0.5, 0.6) is 5.75 Å². The Morgan fingerprint density at radius 2 is 1.50 bits per heavy atom. The topological polar surface area (TPSA) is 96.0 Å². The second-order valence-electron chi connectivity index (χ2n) is 10.9. The average Bonchev–Trinajstić information content (AvgIpc) is 3.03. The van der Waals surface area contributed by atoms with E-state index in [1.54, 1.807) is 60.7 Å². The number of nitrogens with zero attached hydrogens (tertiary/aromatic N) is 2. The summed E-state index contributed by atoms with van der Waals surface area (Å²) in [6.07, 6.45) is 0.185. The number of carbonyl (C=O) groups is 2. The summed E-state index contributed by atoms with van der Waals surface area (Å²) in [5, 5.41) is 3.67. The molecule has 0 bridgehead atoms. The predicted molar refractivity (Wildman–Crippen MR) is 183 cm³/mol. The van der Waals surface area contributed by atoms with Crippen LogP contribution in [0.25, 0.3) is 0 Å². The van der Waals surface area contributed by atoms with Crippen molar-refractivity contribution in [2.45, 2.75) is 50.7 Å². The lowest BCUT2D eigenvalue weighted by Gasteiger charge is -2.34. The Kier molecular flexibility index (Phi) is 12.1. The molecule has 0 aromatic heterocycles. The molecule has 0 fully saturated rings. The van der Waals surface area contributed by atoms with Crippen molar-refractivity contribution in [2.24, 2.45) is 0 Å². The van der Waals surface area contributed by atoms with E-state index in [1.165, 1.54) is 17.0 Å². The van der Waals surface area contributed by atoms with Crippen molar-refractivity contribution in [2.75, 3.05) is 17.5 Å². The van der Waals surface area contributed by atoms with Crippen LogP contribution in [0, 0.1) is 0 Å². The highest BCUT2D eigenvalue weighted by Gasteiger charge is 2.35. The van der Waals surface area contributed by atoms with Gasteiger partial charge in [-0.3, -0.25) is 13.9 Å². The monoisotopic (exact) mass is 681 g/mol. The van der Waals surface area contributed by atoms with Crippen LogP contribution in [0.2, 0.25) is 10.0 Å². The van der Waals surface area contributed by atoms with Crippen LogP contribution in [-0.2, 0) is 32.6 Å². The lowest BCUT2D eigenvalue weighted by atomic mass is 10.0. The lowest BCUT2D eigenvalue weighted by molar-refractivity contribution is -0.140. The molecule has 11 heteroatoms. The zero-order chi connectivity index (χ0) is 33.3. The highest BCUT2D eigenvalue weighted by Crippen LogP contribution is 2.28. The van der Waals surface area contributed by atoms with Gasteiger partial charge in [0.2, 0.25) is 11.8 Å². The minimum Gasteiger partial charge on any atom is -0.494 e. The second kappa shape index (κ2) is 16.0. The normalized spacial score (nSPS) is 12.0. The standard InChI is InChI=1S/C35H37Cl2N3O5S/c1-4-45-30-19-17-29(18-20-30)40(46(43,44)31-13-9-6-10-14-31)24-34(41)39(23-27-15-16-28(36)22-32(27)37)33(35(42)38-25(2)3)21-26-11-7-5-8-12-26/h5-20,22,25,33H,4,21,23-24H2,1-3H3,(H,38,42)/t33-/m1/s1. The van der Waals surface area contributed by atoms with Gasteiger partial charge in [-0.2, -0.15) is 0 Å². The molecule has 0 aliphatic rings. The summed E-state index contributed by atoms with van der Waals surface area (Å²) in [6, 6.07) is 27.4. The molecule has 0 saturated heterocycles. The minimum absolute atomic E-state index is 0.0161. The summed E-state index contributed by atoms with van der Waals surface area (Å²) in [5.74, 6) is -0.419. The maximum atomic E-state index is 14.5. The van der Waals surface area contributed by atoms with Gasteiger partial charge in [0.05, 0.1) is 17.2 Å². The Bertz CT molecular complexity index is 1720. The summed E-state index contributed by atoms with van der Waals surface area (Å²) in [7, 11) is -4.22. The summed E-state index contributed by atoms with van der Waals surface area (Å²) in [5.41, 5.74) is 1.64. The Labute approximate surface area is 280 Å². The van der Waals surface area contributed by atoms with E-state index in [-0.39, 0.29) is 35.5 Å². The molecule has 0 saturated carbocycles. The van der Waals surface area contributed by atoms with Crippen molar-refractivity contribution < 1.29 is 22.7 Å². The molecule has 46 heavy (non-hydrogen) atoms. The number of hydrogen-bond donors (Lipinski definition) is 1. The molecule has 4 rings (SSSR count). The van der Waals surface area contributed by atoms with E-state index >= 15 is 0 Å². The smallest absolute Gasteiger partial charge is 0.264 e. The minimum atomic E-state index is -4.22. The quantitative estimate of drug-likeness (QED) is 0.159. The number of anilines is 1. The van der Waals surface area contributed by atoms with Gasteiger partial charge in [0.25, 0.3) is 10.0 Å². The fourth-order valence-electron chi connectivity index (χ4n) is 4.89. The van der Waals surface area contributed by atoms with Gasteiger partial charge >= 0.3 is 0 Å². The van der Waals surface area contributed by atoms with E-state index < -0.39 is 28.5 Å². The van der Waals surface area contributed by atoms with Crippen molar-refractivity contribution >= 4 is 50.7 Å². The fraction of sp³-hybridized carbons (Fsp3) is 0.257. The first-order valence-electron chi connectivity index (χ1n) is 14.9. The molecular formula is C35H37Cl2N3O5S. The molecule has 8 nitrogen and oxygen atoms in total. The summed E-state index contributed by atoms with van der Waals surface area (Å²) in [4.78, 5) is 29.7. The number of rotatable bonds is 14. The van der Waals surface area contributed by atoms with E-state index in [2.05, 4.69) is 5.32 Å². The van der Waals surface area contributed by atoms with Crippen LogP contribution < -0.4 is 14.4 Å². The van der Waals surface area contributed by atoms with Gasteiger partial charge in [0.15, 0.2) is 0 Å². The number of amides is 2. The number of ether oxygens (including phenoxy) is 1.